The summed E-state index contributed by atoms with van der Waals surface area (Å²) < 4.78 is 4.91. The molecule has 2 N–H and O–H groups in total. The monoisotopic (exact) mass is 211 g/mol. The zero-order valence-corrected chi connectivity index (χ0v) is 9.57. The van der Waals surface area contributed by atoms with E-state index in [1.807, 2.05) is 30.3 Å². The first kappa shape index (κ1) is 13.9. The number of aliphatic hydroxyl groups excluding tert-OH is 1. The molecule has 0 aliphatic carbocycles. The van der Waals surface area contributed by atoms with E-state index in [0.717, 1.165) is 12.9 Å². The molecule has 0 saturated carbocycles. The SMILES string of the molecule is C1CCNC1.CO.COc1ccccc1. The Morgan fingerprint density at radius 1 is 1.07 bits per heavy atom. The van der Waals surface area contributed by atoms with Gasteiger partial charge < -0.3 is 15.2 Å². The second kappa shape index (κ2) is 11.0. The van der Waals surface area contributed by atoms with Crippen LogP contribution in [-0.4, -0.2) is 32.4 Å². The average molecular weight is 211 g/mol. The summed E-state index contributed by atoms with van der Waals surface area (Å²) in [7, 11) is 2.66. The molecule has 2 rings (SSSR count). The number of hydrogen-bond donors (Lipinski definition) is 2. The Morgan fingerprint density at radius 3 is 1.87 bits per heavy atom. The Bertz CT molecular complexity index is 203. The van der Waals surface area contributed by atoms with Crippen molar-refractivity contribution in [3.8, 4) is 5.75 Å². The summed E-state index contributed by atoms with van der Waals surface area (Å²) in [5, 5.41) is 10.2. The summed E-state index contributed by atoms with van der Waals surface area (Å²) in [6.45, 7) is 2.50. The topological polar surface area (TPSA) is 41.5 Å². The number of benzene rings is 1. The van der Waals surface area contributed by atoms with Gasteiger partial charge in [0.05, 0.1) is 7.11 Å². The minimum Gasteiger partial charge on any atom is -0.497 e. The third kappa shape index (κ3) is 7.97. The molecule has 0 bridgehead atoms. The van der Waals surface area contributed by atoms with Crippen molar-refractivity contribution in [2.45, 2.75) is 12.8 Å². The van der Waals surface area contributed by atoms with E-state index in [-0.39, 0.29) is 0 Å². The quantitative estimate of drug-likeness (QED) is 0.742. The molecule has 3 nitrogen and oxygen atoms in total. The van der Waals surface area contributed by atoms with Crippen molar-refractivity contribution < 1.29 is 9.84 Å². The highest BCUT2D eigenvalue weighted by Gasteiger charge is 1.93. The lowest BCUT2D eigenvalue weighted by molar-refractivity contribution is 0.399. The lowest BCUT2D eigenvalue weighted by atomic mass is 10.3. The number of nitrogens with one attached hydrogen (secondary N) is 1. The van der Waals surface area contributed by atoms with Gasteiger partial charge in [-0.05, 0) is 38.1 Å². The lowest BCUT2D eigenvalue weighted by Crippen LogP contribution is -2.03. The lowest BCUT2D eigenvalue weighted by Gasteiger charge is -1.93. The normalized spacial score (nSPS) is 13.0. The molecular formula is C12H21NO2. The van der Waals surface area contributed by atoms with Crippen molar-refractivity contribution in [1.82, 2.24) is 5.32 Å². The molecule has 0 radical (unpaired) electrons. The predicted octanol–water partition coefficient (Wildman–Crippen LogP) is 1.67. The van der Waals surface area contributed by atoms with E-state index in [9.17, 15) is 0 Å². The Kier molecular flexibility index (Phi) is 10.2. The van der Waals surface area contributed by atoms with Crippen LogP contribution in [-0.2, 0) is 0 Å². The molecule has 1 heterocycles. The third-order valence-corrected chi connectivity index (χ3v) is 1.94. The van der Waals surface area contributed by atoms with Crippen LogP contribution in [0.25, 0.3) is 0 Å². The average Bonchev–Trinajstić information content (AvgIpc) is 2.92. The van der Waals surface area contributed by atoms with Gasteiger partial charge in [0, 0.05) is 7.11 Å². The molecule has 0 aromatic heterocycles. The molecule has 1 aliphatic heterocycles. The van der Waals surface area contributed by atoms with Gasteiger partial charge in [-0.2, -0.15) is 0 Å². The smallest absolute Gasteiger partial charge is 0.118 e. The highest BCUT2D eigenvalue weighted by atomic mass is 16.5. The van der Waals surface area contributed by atoms with E-state index in [4.69, 9.17) is 9.84 Å². The van der Waals surface area contributed by atoms with Crippen LogP contribution in [0.3, 0.4) is 0 Å². The first-order chi connectivity index (χ1) is 7.43. The van der Waals surface area contributed by atoms with Crippen LogP contribution in [0.2, 0.25) is 0 Å². The maximum absolute atomic E-state index is 7.00. The second-order valence-corrected chi connectivity index (χ2v) is 2.97. The maximum Gasteiger partial charge on any atom is 0.118 e. The van der Waals surface area contributed by atoms with Crippen LogP contribution < -0.4 is 10.1 Å². The number of ether oxygens (including phenoxy) is 1. The van der Waals surface area contributed by atoms with Crippen LogP contribution in [0, 0.1) is 0 Å². The van der Waals surface area contributed by atoms with Gasteiger partial charge in [0.1, 0.15) is 5.75 Å². The van der Waals surface area contributed by atoms with Gasteiger partial charge >= 0.3 is 0 Å². The maximum atomic E-state index is 7.00. The molecule has 1 fully saturated rings. The summed E-state index contributed by atoms with van der Waals surface area (Å²) in [4.78, 5) is 0. The third-order valence-electron chi connectivity index (χ3n) is 1.94. The van der Waals surface area contributed by atoms with Gasteiger partial charge in [0.2, 0.25) is 0 Å². The Hall–Kier alpha value is -1.06. The van der Waals surface area contributed by atoms with Crippen molar-refractivity contribution in [1.29, 1.82) is 0 Å². The molecule has 1 aromatic carbocycles. The fourth-order valence-electron chi connectivity index (χ4n) is 1.18. The summed E-state index contributed by atoms with van der Waals surface area (Å²) in [5.41, 5.74) is 0. The number of para-hydroxylation sites is 1. The summed E-state index contributed by atoms with van der Waals surface area (Å²) in [6, 6.07) is 9.68. The number of aliphatic hydroxyl groups is 1. The Balaban J connectivity index is 0.000000241. The largest absolute Gasteiger partial charge is 0.497 e. The van der Waals surface area contributed by atoms with Crippen LogP contribution in [0.1, 0.15) is 12.8 Å². The van der Waals surface area contributed by atoms with E-state index >= 15 is 0 Å². The number of rotatable bonds is 1. The molecule has 0 unspecified atom stereocenters. The zero-order chi connectivity index (χ0) is 11.4. The molecule has 0 amide bonds. The predicted molar refractivity (Wildman–Crippen MR) is 63.2 cm³/mol. The van der Waals surface area contributed by atoms with Crippen LogP contribution in [0.15, 0.2) is 30.3 Å². The van der Waals surface area contributed by atoms with Crippen molar-refractivity contribution in [3.63, 3.8) is 0 Å². The molecule has 3 heteroatoms. The van der Waals surface area contributed by atoms with E-state index in [0.29, 0.717) is 0 Å². The second-order valence-electron chi connectivity index (χ2n) is 2.97. The molecule has 1 aliphatic rings. The highest BCUT2D eigenvalue weighted by molar-refractivity contribution is 5.20. The van der Waals surface area contributed by atoms with E-state index in [1.165, 1.54) is 25.9 Å². The molecule has 1 aromatic rings. The molecule has 0 atom stereocenters. The first-order valence-electron chi connectivity index (χ1n) is 5.18. The van der Waals surface area contributed by atoms with Crippen molar-refractivity contribution >= 4 is 0 Å². The van der Waals surface area contributed by atoms with E-state index in [2.05, 4.69) is 5.32 Å². The number of methoxy groups -OCH3 is 1. The van der Waals surface area contributed by atoms with Crippen LogP contribution in [0.5, 0.6) is 5.75 Å². The van der Waals surface area contributed by atoms with Crippen molar-refractivity contribution in [3.05, 3.63) is 30.3 Å². The fraction of sp³-hybridized carbons (Fsp3) is 0.500. The Labute approximate surface area is 92.1 Å². The fourth-order valence-corrected chi connectivity index (χ4v) is 1.18. The van der Waals surface area contributed by atoms with Crippen LogP contribution in [0.4, 0.5) is 0 Å². The van der Waals surface area contributed by atoms with Gasteiger partial charge in [-0.1, -0.05) is 18.2 Å². The minimum absolute atomic E-state index is 0.910. The Morgan fingerprint density at radius 2 is 1.60 bits per heavy atom. The van der Waals surface area contributed by atoms with Gasteiger partial charge in [-0.25, -0.2) is 0 Å². The van der Waals surface area contributed by atoms with Gasteiger partial charge in [0.25, 0.3) is 0 Å². The van der Waals surface area contributed by atoms with Crippen LogP contribution >= 0.6 is 0 Å². The van der Waals surface area contributed by atoms with Crippen molar-refractivity contribution in [2.75, 3.05) is 27.3 Å². The standard InChI is InChI=1S/C7H8O.C4H9N.CH4O/c1-8-7-5-3-2-4-6-7;1-2-4-5-3-1;1-2/h2-6H,1H3;5H,1-4H2;2H,1H3. The molecule has 15 heavy (non-hydrogen) atoms. The zero-order valence-electron chi connectivity index (χ0n) is 9.57. The van der Waals surface area contributed by atoms with Gasteiger partial charge in [-0.3, -0.25) is 0 Å². The summed E-state index contributed by atoms with van der Waals surface area (Å²) in [5.74, 6) is 0.910. The first-order valence-corrected chi connectivity index (χ1v) is 5.18. The molecular weight excluding hydrogens is 190 g/mol. The summed E-state index contributed by atoms with van der Waals surface area (Å²) >= 11 is 0. The molecule has 86 valence electrons. The van der Waals surface area contributed by atoms with E-state index < -0.39 is 0 Å². The molecule has 0 spiro atoms. The summed E-state index contributed by atoms with van der Waals surface area (Å²) in [6.07, 6.45) is 2.78. The van der Waals surface area contributed by atoms with Gasteiger partial charge in [0.15, 0.2) is 0 Å². The minimum atomic E-state index is 0.910. The van der Waals surface area contributed by atoms with E-state index in [1.54, 1.807) is 7.11 Å². The molecule has 1 saturated heterocycles. The van der Waals surface area contributed by atoms with Crippen molar-refractivity contribution in [2.24, 2.45) is 0 Å². The van der Waals surface area contributed by atoms with Gasteiger partial charge in [-0.15, -0.1) is 0 Å². The highest BCUT2D eigenvalue weighted by Crippen LogP contribution is 2.05. The number of hydrogen-bond acceptors (Lipinski definition) is 3.